The number of carbonyl (C=O) groups is 1. The van der Waals surface area contributed by atoms with Gasteiger partial charge in [0.2, 0.25) is 0 Å². The van der Waals surface area contributed by atoms with Crippen LogP contribution in [0, 0.1) is 0 Å². The zero-order valence-corrected chi connectivity index (χ0v) is 8.04. The Morgan fingerprint density at radius 3 is 3.00 bits per heavy atom. The molecular formula is C9H17NO3. The summed E-state index contributed by atoms with van der Waals surface area (Å²) in [4.78, 5) is 10.6. The molecule has 0 aromatic rings. The monoisotopic (exact) mass is 187 g/mol. The average molecular weight is 187 g/mol. The fraction of sp³-hybridized carbons (Fsp3) is 0.889. The van der Waals surface area contributed by atoms with E-state index in [4.69, 9.17) is 4.74 Å². The molecule has 1 heterocycles. The second kappa shape index (κ2) is 5.80. The molecule has 1 aliphatic rings. The summed E-state index contributed by atoms with van der Waals surface area (Å²) in [5.41, 5.74) is 0. The molecular weight excluding hydrogens is 170 g/mol. The number of nitrogens with one attached hydrogen (secondary N) is 1. The predicted octanol–water partition coefficient (Wildman–Crippen LogP) is 1.30. The van der Waals surface area contributed by atoms with Gasteiger partial charge in [-0.3, -0.25) is 0 Å². The van der Waals surface area contributed by atoms with E-state index >= 15 is 0 Å². The average Bonchev–Trinajstić information content (AvgIpc) is 2.19. The third kappa shape index (κ3) is 4.12. The van der Waals surface area contributed by atoms with Crippen molar-refractivity contribution in [1.29, 1.82) is 0 Å². The summed E-state index contributed by atoms with van der Waals surface area (Å²) in [5, 5.41) is 3.38. The van der Waals surface area contributed by atoms with Crippen LogP contribution in [-0.4, -0.2) is 32.5 Å². The molecule has 1 aliphatic heterocycles. The maximum Gasteiger partial charge on any atom is 0.507 e. The molecule has 1 N–H and O–H groups in total. The molecule has 0 spiro atoms. The van der Waals surface area contributed by atoms with Gasteiger partial charge in [0.1, 0.15) is 0 Å². The summed E-state index contributed by atoms with van der Waals surface area (Å²) >= 11 is 0. The smallest absolute Gasteiger partial charge is 0.438 e. The van der Waals surface area contributed by atoms with Gasteiger partial charge in [0.25, 0.3) is 0 Å². The third-order valence-electron chi connectivity index (χ3n) is 2.27. The summed E-state index contributed by atoms with van der Waals surface area (Å²) in [6.07, 6.45) is 4.01. The molecule has 76 valence electrons. The van der Waals surface area contributed by atoms with Gasteiger partial charge >= 0.3 is 6.16 Å². The van der Waals surface area contributed by atoms with Crippen LogP contribution in [0.2, 0.25) is 0 Å². The fourth-order valence-corrected chi connectivity index (χ4v) is 1.51. The van der Waals surface area contributed by atoms with Crippen molar-refractivity contribution >= 4 is 6.16 Å². The van der Waals surface area contributed by atoms with Crippen LogP contribution in [0.25, 0.3) is 0 Å². The molecule has 0 saturated carbocycles. The lowest BCUT2D eigenvalue weighted by atomic mass is 10.0. The number of ether oxygens (including phenoxy) is 2. The fourth-order valence-electron chi connectivity index (χ4n) is 1.51. The van der Waals surface area contributed by atoms with Crippen LogP contribution in [0.1, 0.15) is 25.7 Å². The molecule has 0 aliphatic carbocycles. The number of piperidine rings is 1. The van der Waals surface area contributed by atoms with Crippen LogP contribution in [0.15, 0.2) is 0 Å². The van der Waals surface area contributed by atoms with Crippen molar-refractivity contribution in [2.24, 2.45) is 0 Å². The second-order valence-electron chi connectivity index (χ2n) is 3.24. The molecule has 0 bridgehead atoms. The Morgan fingerprint density at radius 2 is 2.38 bits per heavy atom. The number of hydrogen-bond acceptors (Lipinski definition) is 4. The Morgan fingerprint density at radius 1 is 1.54 bits per heavy atom. The maximum atomic E-state index is 10.6. The van der Waals surface area contributed by atoms with Gasteiger partial charge in [-0.25, -0.2) is 4.79 Å². The van der Waals surface area contributed by atoms with Gasteiger partial charge in [-0.1, -0.05) is 6.42 Å². The van der Waals surface area contributed by atoms with Gasteiger partial charge in [-0.05, 0) is 25.8 Å². The van der Waals surface area contributed by atoms with E-state index in [1.54, 1.807) is 0 Å². The molecule has 1 atom stereocenters. The molecule has 0 aromatic carbocycles. The van der Waals surface area contributed by atoms with Gasteiger partial charge in [0.05, 0.1) is 13.7 Å². The van der Waals surface area contributed by atoms with E-state index in [0.717, 1.165) is 13.0 Å². The summed E-state index contributed by atoms with van der Waals surface area (Å²) in [5.74, 6) is 0. The minimum atomic E-state index is -0.587. The molecule has 0 aromatic heterocycles. The number of rotatable bonds is 3. The Bertz CT molecular complexity index is 155. The highest BCUT2D eigenvalue weighted by Crippen LogP contribution is 2.09. The van der Waals surface area contributed by atoms with E-state index in [1.165, 1.54) is 26.4 Å². The summed E-state index contributed by atoms with van der Waals surface area (Å²) < 4.78 is 9.15. The van der Waals surface area contributed by atoms with Crippen molar-refractivity contribution in [3.8, 4) is 0 Å². The van der Waals surface area contributed by atoms with Gasteiger partial charge in [-0.2, -0.15) is 0 Å². The first-order valence-corrected chi connectivity index (χ1v) is 4.77. The normalized spacial score (nSPS) is 22.4. The Balaban J connectivity index is 2.01. The SMILES string of the molecule is COC(=O)OCCC1CCCCN1. The van der Waals surface area contributed by atoms with E-state index in [1.807, 2.05) is 0 Å². The zero-order chi connectivity index (χ0) is 9.52. The minimum Gasteiger partial charge on any atom is -0.438 e. The molecule has 0 radical (unpaired) electrons. The first-order valence-electron chi connectivity index (χ1n) is 4.77. The molecule has 1 saturated heterocycles. The highest BCUT2D eigenvalue weighted by atomic mass is 16.7. The molecule has 0 amide bonds. The van der Waals surface area contributed by atoms with Crippen molar-refractivity contribution in [1.82, 2.24) is 5.32 Å². The van der Waals surface area contributed by atoms with E-state index in [-0.39, 0.29) is 0 Å². The van der Waals surface area contributed by atoms with Crippen molar-refractivity contribution in [2.45, 2.75) is 31.7 Å². The van der Waals surface area contributed by atoms with Crippen molar-refractivity contribution < 1.29 is 14.3 Å². The quantitative estimate of drug-likeness (QED) is 0.676. The first kappa shape index (κ1) is 10.3. The van der Waals surface area contributed by atoms with Crippen molar-refractivity contribution in [3.05, 3.63) is 0 Å². The molecule has 1 unspecified atom stereocenters. The molecule has 4 nitrogen and oxygen atoms in total. The minimum absolute atomic E-state index is 0.449. The van der Waals surface area contributed by atoms with Crippen LogP contribution >= 0.6 is 0 Å². The number of carbonyl (C=O) groups excluding carboxylic acids is 1. The molecule has 1 fully saturated rings. The van der Waals surface area contributed by atoms with Gasteiger partial charge in [0.15, 0.2) is 0 Å². The summed E-state index contributed by atoms with van der Waals surface area (Å²) in [7, 11) is 1.32. The summed E-state index contributed by atoms with van der Waals surface area (Å²) in [6.45, 7) is 1.53. The van der Waals surface area contributed by atoms with Crippen molar-refractivity contribution in [2.75, 3.05) is 20.3 Å². The molecule has 1 rings (SSSR count). The third-order valence-corrected chi connectivity index (χ3v) is 2.27. The molecule has 4 heteroatoms. The Kier molecular flexibility index (Phi) is 4.60. The largest absolute Gasteiger partial charge is 0.507 e. The van der Waals surface area contributed by atoms with Crippen LogP contribution < -0.4 is 5.32 Å². The Labute approximate surface area is 78.6 Å². The standard InChI is InChI=1S/C9H17NO3/c1-12-9(11)13-7-5-8-4-2-3-6-10-8/h8,10H,2-7H2,1H3. The lowest BCUT2D eigenvalue weighted by Crippen LogP contribution is -2.34. The number of hydrogen-bond donors (Lipinski definition) is 1. The van der Waals surface area contributed by atoms with E-state index in [9.17, 15) is 4.79 Å². The lowest BCUT2D eigenvalue weighted by Gasteiger charge is -2.22. The Hall–Kier alpha value is -0.770. The van der Waals surface area contributed by atoms with Crippen LogP contribution in [0.3, 0.4) is 0 Å². The van der Waals surface area contributed by atoms with E-state index in [0.29, 0.717) is 12.6 Å². The van der Waals surface area contributed by atoms with Gasteiger partial charge in [-0.15, -0.1) is 0 Å². The van der Waals surface area contributed by atoms with Crippen LogP contribution in [-0.2, 0) is 9.47 Å². The van der Waals surface area contributed by atoms with Gasteiger partial charge < -0.3 is 14.8 Å². The van der Waals surface area contributed by atoms with Crippen LogP contribution in [0.5, 0.6) is 0 Å². The molecule has 13 heavy (non-hydrogen) atoms. The summed E-state index contributed by atoms with van der Waals surface area (Å²) in [6, 6.07) is 0.512. The van der Waals surface area contributed by atoms with E-state index in [2.05, 4.69) is 10.1 Å². The van der Waals surface area contributed by atoms with Crippen molar-refractivity contribution in [3.63, 3.8) is 0 Å². The highest BCUT2D eigenvalue weighted by Gasteiger charge is 2.12. The highest BCUT2D eigenvalue weighted by molar-refractivity contribution is 5.59. The van der Waals surface area contributed by atoms with Gasteiger partial charge in [0, 0.05) is 6.04 Å². The maximum absolute atomic E-state index is 10.6. The topological polar surface area (TPSA) is 47.6 Å². The van der Waals surface area contributed by atoms with E-state index < -0.39 is 6.16 Å². The van der Waals surface area contributed by atoms with Crippen LogP contribution in [0.4, 0.5) is 4.79 Å². The second-order valence-corrected chi connectivity index (χ2v) is 3.24. The lowest BCUT2D eigenvalue weighted by molar-refractivity contribution is 0.0688. The number of methoxy groups -OCH3 is 1. The zero-order valence-electron chi connectivity index (χ0n) is 8.04. The first-order chi connectivity index (χ1) is 6.33. The predicted molar refractivity (Wildman–Crippen MR) is 48.6 cm³/mol.